The van der Waals surface area contributed by atoms with Gasteiger partial charge in [0.2, 0.25) is 5.91 Å². The van der Waals surface area contributed by atoms with E-state index in [2.05, 4.69) is 11.1 Å². The molecule has 0 aliphatic rings. The Labute approximate surface area is 174 Å². The molecule has 0 saturated carbocycles. The van der Waals surface area contributed by atoms with Crippen molar-refractivity contribution >= 4 is 29.0 Å². The van der Waals surface area contributed by atoms with E-state index in [1.807, 2.05) is 38.1 Å². The van der Waals surface area contributed by atoms with Crippen molar-refractivity contribution in [3.63, 3.8) is 0 Å². The molecule has 6 nitrogen and oxygen atoms in total. The Balaban J connectivity index is 1.57. The summed E-state index contributed by atoms with van der Waals surface area (Å²) in [6.45, 7) is 5.15. The zero-order chi connectivity index (χ0) is 21.0. The second kappa shape index (κ2) is 9.05. The van der Waals surface area contributed by atoms with Gasteiger partial charge in [-0.1, -0.05) is 18.2 Å². The number of aromatic nitrogens is 2. The molecule has 1 heterocycles. The average molecular weight is 412 g/mol. The van der Waals surface area contributed by atoms with Crippen LogP contribution in [0, 0.1) is 18.6 Å². The zero-order valence-electron chi connectivity index (χ0n) is 16.9. The van der Waals surface area contributed by atoms with E-state index in [1.54, 1.807) is 24.1 Å². The summed E-state index contributed by atoms with van der Waals surface area (Å²) in [6.07, 6.45) is 0.190. The number of hydrogen-bond acceptors (Lipinski definition) is 4. The molecule has 0 saturated heterocycles. The van der Waals surface area contributed by atoms with E-state index in [9.17, 15) is 9.59 Å². The van der Waals surface area contributed by atoms with Crippen LogP contribution in [0.1, 0.15) is 17.5 Å². The highest BCUT2D eigenvalue weighted by Crippen LogP contribution is 2.16. The first-order chi connectivity index (χ1) is 13.8. The van der Waals surface area contributed by atoms with Gasteiger partial charge >= 0.3 is 0 Å². The number of fused-ring (bicyclic) bond motifs is 1. The van der Waals surface area contributed by atoms with E-state index in [0.29, 0.717) is 28.8 Å². The van der Waals surface area contributed by atoms with Gasteiger partial charge in [-0.15, -0.1) is 0 Å². The number of amides is 1. The molecule has 0 spiro atoms. The second-order valence-electron chi connectivity index (χ2n) is 7.17. The number of H-pyrrole nitrogens is 1. The summed E-state index contributed by atoms with van der Waals surface area (Å²) in [5, 5.41) is 0.559. The number of benzene rings is 2. The summed E-state index contributed by atoms with van der Waals surface area (Å²) in [7, 11) is 1.73. The summed E-state index contributed by atoms with van der Waals surface area (Å²) in [5.41, 5.74) is 2.80. The van der Waals surface area contributed by atoms with E-state index < -0.39 is 0 Å². The summed E-state index contributed by atoms with van der Waals surface area (Å²) in [6, 6.07) is 13.2. The highest BCUT2D eigenvalue weighted by Gasteiger charge is 2.11. The lowest BCUT2D eigenvalue weighted by atomic mass is 10.1. The van der Waals surface area contributed by atoms with Crippen LogP contribution in [-0.2, 0) is 11.3 Å². The van der Waals surface area contributed by atoms with Crippen LogP contribution in [-0.4, -0.2) is 40.6 Å². The van der Waals surface area contributed by atoms with Crippen molar-refractivity contribution in [1.82, 2.24) is 14.5 Å². The Kier molecular flexibility index (Phi) is 6.49. The van der Waals surface area contributed by atoms with Crippen molar-refractivity contribution in [2.24, 2.45) is 0 Å². The van der Waals surface area contributed by atoms with E-state index >= 15 is 0 Å². The topological polar surface area (TPSA) is 67.3 Å². The van der Waals surface area contributed by atoms with Gasteiger partial charge < -0.3 is 14.6 Å². The monoisotopic (exact) mass is 411 g/mol. The number of likely N-dealkylation sites (N-methyl/N-ethyl adjacent to an activating group) is 1. The molecular weight excluding hydrogens is 386 g/mol. The molecule has 0 atom stereocenters. The van der Waals surface area contributed by atoms with Crippen LogP contribution >= 0.6 is 12.2 Å². The molecule has 0 aliphatic heterocycles. The number of rotatable bonds is 7. The molecule has 0 unspecified atom stereocenters. The maximum absolute atomic E-state index is 12.6. The molecule has 152 valence electrons. The molecule has 0 fully saturated rings. The number of hydrogen-bond donors (Lipinski definition) is 1. The van der Waals surface area contributed by atoms with E-state index in [4.69, 9.17) is 17.0 Å². The van der Waals surface area contributed by atoms with Gasteiger partial charge in [0.25, 0.3) is 5.56 Å². The van der Waals surface area contributed by atoms with E-state index in [-0.39, 0.29) is 24.4 Å². The molecule has 0 aliphatic carbocycles. The van der Waals surface area contributed by atoms with Gasteiger partial charge in [0.05, 0.1) is 17.4 Å². The van der Waals surface area contributed by atoms with Crippen LogP contribution in [0.5, 0.6) is 5.75 Å². The summed E-state index contributed by atoms with van der Waals surface area (Å²) < 4.78 is 7.53. The number of aryl methyl sites for hydroxylation is 2. The summed E-state index contributed by atoms with van der Waals surface area (Å²) >= 11 is 5.29. The van der Waals surface area contributed by atoms with E-state index in [1.165, 1.54) is 4.57 Å². The SMILES string of the molecule is Cc1cc(C)cc(OCCN(C)C(=O)CCn2c(=S)[nH]c3ccccc3c2=O)c1. The van der Waals surface area contributed by atoms with E-state index in [0.717, 1.165) is 16.9 Å². The molecule has 7 heteroatoms. The standard InChI is InChI=1S/C22H25N3O3S/c1-15-12-16(2)14-17(13-15)28-11-10-24(3)20(26)8-9-25-21(27)18-6-4-5-7-19(18)23-22(25)29/h4-7,12-14H,8-11H2,1-3H3,(H,23,29). The first-order valence-electron chi connectivity index (χ1n) is 9.52. The molecule has 1 N–H and O–H groups in total. The van der Waals surface area contributed by atoms with Gasteiger partial charge in [-0.3, -0.25) is 14.2 Å². The number of carbonyl (C=O) groups is 1. The average Bonchev–Trinajstić information content (AvgIpc) is 2.66. The van der Waals surface area contributed by atoms with Crippen molar-refractivity contribution in [2.45, 2.75) is 26.8 Å². The molecule has 2 aromatic carbocycles. The summed E-state index contributed by atoms with van der Waals surface area (Å²) in [4.78, 5) is 29.8. The number of para-hydroxylation sites is 1. The first-order valence-corrected chi connectivity index (χ1v) is 9.93. The van der Waals surface area contributed by atoms with Gasteiger partial charge in [0.15, 0.2) is 4.77 Å². The number of ether oxygens (including phenoxy) is 1. The first kappa shape index (κ1) is 20.8. The minimum Gasteiger partial charge on any atom is -0.492 e. The van der Waals surface area contributed by atoms with Crippen molar-refractivity contribution in [3.8, 4) is 5.75 Å². The van der Waals surface area contributed by atoms with Crippen LogP contribution in [0.3, 0.4) is 0 Å². The fraction of sp³-hybridized carbons (Fsp3) is 0.318. The molecule has 1 aromatic heterocycles. The van der Waals surface area contributed by atoms with Gasteiger partial charge in [-0.25, -0.2) is 0 Å². The number of nitrogens with one attached hydrogen (secondary N) is 1. The lowest BCUT2D eigenvalue weighted by molar-refractivity contribution is -0.130. The molecular formula is C22H25N3O3S. The van der Waals surface area contributed by atoms with Crippen molar-refractivity contribution in [1.29, 1.82) is 0 Å². The smallest absolute Gasteiger partial charge is 0.262 e. The normalized spacial score (nSPS) is 10.9. The lowest BCUT2D eigenvalue weighted by Crippen LogP contribution is -2.32. The minimum atomic E-state index is -0.182. The Morgan fingerprint density at radius 3 is 2.59 bits per heavy atom. The highest BCUT2D eigenvalue weighted by atomic mass is 32.1. The van der Waals surface area contributed by atoms with Gasteiger partial charge in [0, 0.05) is 20.0 Å². The third kappa shape index (κ3) is 5.12. The maximum Gasteiger partial charge on any atom is 0.262 e. The summed E-state index contributed by atoms with van der Waals surface area (Å²) in [5.74, 6) is 0.737. The Bertz CT molecular complexity index is 1130. The fourth-order valence-corrected chi connectivity index (χ4v) is 3.53. The minimum absolute atomic E-state index is 0.0662. The molecule has 1 amide bonds. The third-order valence-electron chi connectivity index (χ3n) is 4.76. The number of aromatic amines is 1. The zero-order valence-corrected chi connectivity index (χ0v) is 17.7. The van der Waals surface area contributed by atoms with Crippen LogP contribution < -0.4 is 10.3 Å². The number of nitrogens with zero attached hydrogens (tertiary/aromatic N) is 2. The second-order valence-corrected chi connectivity index (χ2v) is 7.56. The Hall–Kier alpha value is -2.93. The van der Waals surface area contributed by atoms with Crippen LogP contribution in [0.25, 0.3) is 10.9 Å². The van der Waals surface area contributed by atoms with Crippen molar-refractivity contribution in [3.05, 3.63) is 68.7 Å². The maximum atomic E-state index is 12.6. The van der Waals surface area contributed by atoms with Gasteiger partial charge in [-0.05, 0) is 61.5 Å². The Morgan fingerprint density at radius 2 is 1.86 bits per heavy atom. The molecule has 0 bridgehead atoms. The molecule has 3 rings (SSSR count). The predicted molar refractivity (Wildman–Crippen MR) is 117 cm³/mol. The fourth-order valence-electron chi connectivity index (χ4n) is 3.24. The quantitative estimate of drug-likeness (QED) is 0.603. The van der Waals surface area contributed by atoms with Crippen molar-refractivity contribution in [2.75, 3.05) is 20.2 Å². The largest absolute Gasteiger partial charge is 0.492 e. The third-order valence-corrected chi connectivity index (χ3v) is 5.08. The number of carbonyl (C=O) groups excluding carboxylic acids is 1. The highest BCUT2D eigenvalue weighted by molar-refractivity contribution is 7.71. The lowest BCUT2D eigenvalue weighted by Gasteiger charge is -2.18. The van der Waals surface area contributed by atoms with Gasteiger partial charge in [-0.2, -0.15) is 0 Å². The van der Waals surface area contributed by atoms with Crippen LogP contribution in [0.4, 0.5) is 0 Å². The molecule has 3 aromatic rings. The predicted octanol–water partition coefficient (Wildman–Crippen LogP) is 3.60. The Morgan fingerprint density at radius 1 is 1.17 bits per heavy atom. The molecule has 0 radical (unpaired) electrons. The van der Waals surface area contributed by atoms with Crippen LogP contribution in [0.2, 0.25) is 0 Å². The van der Waals surface area contributed by atoms with Crippen LogP contribution in [0.15, 0.2) is 47.3 Å². The van der Waals surface area contributed by atoms with Gasteiger partial charge in [0.1, 0.15) is 12.4 Å². The molecule has 29 heavy (non-hydrogen) atoms. The van der Waals surface area contributed by atoms with Crippen molar-refractivity contribution < 1.29 is 9.53 Å².